The first-order valence-electron chi connectivity index (χ1n) is 9.93. The van der Waals surface area contributed by atoms with E-state index in [4.69, 9.17) is 24.4 Å². The van der Waals surface area contributed by atoms with E-state index in [-0.39, 0.29) is 48.3 Å². The number of aliphatic hydroxyl groups is 2. The lowest BCUT2D eigenvalue weighted by molar-refractivity contribution is -0.112. The van der Waals surface area contributed by atoms with Gasteiger partial charge in [0.15, 0.2) is 11.5 Å². The maximum Gasteiger partial charge on any atom is 0.266 e. The molecule has 2 aromatic carbocycles. The second-order valence-electron chi connectivity index (χ2n) is 6.59. The molecule has 0 unspecified atom stereocenters. The molecule has 0 aliphatic carbocycles. The van der Waals surface area contributed by atoms with Crippen LogP contribution in [0.15, 0.2) is 46.9 Å². The summed E-state index contributed by atoms with van der Waals surface area (Å²) in [4.78, 5) is 12.6. The zero-order valence-electron chi connectivity index (χ0n) is 18.6. The number of carbonyl (C=O) groups excluding carboxylic acids is 1. The van der Waals surface area contributed by atoms with Crippen molar-refractivity contribution in [3.63, 3.8) is 0 Å². The van der Waals surface area contributed by atoms with E-state index in [1.54, 1.807) is 18.2 Å². The van der Waals surface area contributed by atoms with E-state index in [1.165, 1.54) is 38.5 Å². The third-order valence-electron chi connectivity index (χ3n) is 4.35. The third-order valence-corrected chi connectivity index (χ3v) is 5.80. The molecule has 2 aromatic rings. The number of ether oxygens (including phenoxy) is 3. The minimum Gasteiger partial charge on any atom is -0.495 e. The van der Waals surface area contributed by atoms with Crippen LogP contribution >= 0.6 is 0 Å². The average molecular weight is 492 g/mol. The van der Waals surface area contributed by atoms with Crippen molar-refractivity contribution in [2.45, 2.75) is 4.90 Å². The molecule has 0 radical (unpaired) electrons. The summed E-state index contributed by atoms with van der Waals surface area (Å²) in [5.74, 6) is 0.112. The van der Waals surface area contributed by atoms with Crippen molar-refractivity contribution in [2.24, 2.45) is 0 Å². The van der Waals surface area contributed by atoms with Crippen LogP contribution in [0.4, 0.5) is 5.69 Å². The Morgan fingerprint density at radius 1 is 1.06 bits per heavy atom. The number of amides is 1. The van der Waals surface area contributed by atoms with Gasteiger partial charge in [-0.3, -0.25) is 4.79 Å². The lowest BCUT2D eigenvalue weighted by atomic mass is 10.1. The third kappa shape index (κ3) is 6.93. The maximum absolute atomic E-state index is 12.8. The number of methoxy groups -OCH3 is 2. The summed E-state index contributed by atoms with van der Waals surface area (Å²) in [7, 11) is -1.17. The topological polar surface area (TPSA) is 167 Å². The van der Waals surface area contributed by atoms with Crippen LogP contribution < -0.4 is 24.2 Å². The highest BCUT2D eigenvalue weighted by molar-refractivity contribution is 7.89. The molecule has 0 bridgehead atoms. The van der Waals surface area contributed by atoms with Crippen molar-refractivity contribution in [3.8, 4) is 23.3 Å². The molecule has 0 fully saturated rings. The van der Waals surface area contributed by atoms with E-state index >= 15 is 0 Å². The largest absolute Gasteiger partial charge is 0.495 e. The number of nitrogens with one attached hydrogen (secondary N) is 2. The van der Waals surface area contributed by atoms with Crippen LogP contribution in [0, 0.1) is 11.3 Å². The van der Waals surface area contributed by atoms with Gasteiger partial charge in [0.2, 0.25) is 10.0 Å². The van der Waals surface area contributed by atoms with E-state index in [1.807, 2.05) is 6.07 Å². The van der Waals surface area contributed by atoms with Gasteiger partial charge in [-0.2, -0.15) is 5.26 Å². The molecule has 0 aliphatic rings. The lowest BCUT2D eigenvalue weighted by Gasteiger charge is -2.13. The van der Waals surface area contributed by atoms with Gasteiger partial charge >= 0.3 is 0 Å². The van der Waals surface area contributed by atoms with Crippen molar-refractivity contribution in [3.05, 3.63) is 47.5 Å². The Labute approximate surface area is 197 Å². The van der Waals surface area contributed by atoms with Gasteiger partial charge in [-0.25, -0.2) is 13.1 Å². The molecule has 0 saturated carbocycles. The van der Waals surface area contributed by atoms with E-state index in [0.717, 1.165) is 0 Å². The molecule has 0 spiro atoms. The molecule has 0 aliphatic heterocycles. The average Bonchev–Trinajstić information content (AvgIpc) is 2.84. The summed E-state index contributed by atoms with van der Waals surface area (Å²) in [5, 5.41) is 29.8. The fourth-order valence-electron chi connectivity index (χ4n) is 2.77. The van der Waals surface area contributed by atoms with Gasteiger partial charge in [0, 0.05) is 6.54 Å². The molecule has 1 amide bonds. The van der Waals surface area contributed by atoms with E-state index in [0.29, 0.717) is 17.1 Å². The smallest absolute Gasteiger partial charge is 0.266 e. The van der Waals surface area contributed by atoms with Crippen LogP contribution in [0.2, 0.25) is 0 Å². The molecular formula is C22H25N3O8S. The molecule has 12 heteroatoms. The van der Waals surface area contributed by atoms with Gasteiger partial charge in [-0.15, -0.1) is 0 Å². The second-order valence-corrected chi connectivity index (χ2v) is 8.36. The summed E-state index contributed by atoms with van der Waals surface area (Å²) in [6, 6.07) is 10.4. The van der Waals surface area contributed by atoms with Gasteiger partial charge in [0.1, 0.15) is 24.0 Å². The number of anilines is 1. The van der Waals surface area contributed by atoms with Gasteiger partial charge in [0.25, 0.3) is 5.91 Å². The minimum atomic E-state index is -3.94. The summed E-state index contributed by atoms with van der Waals surface area (Å²) in [6.45, 7) is -0.657. The molecule has 34 heavy (non-hydrogen) atoms. The summed E-state index contributed by atoms with van der Waals surface area (Å²) >= 11 is 0. The maximum atomic E-state index is 12.8. The van der Waals surface area contributed by atoms with Crippen molar-refractivity contribution in [1.82, 2.24) is 4.72 Å². The van der Waals surface area contributed by atoms with Crippen LogP contribution in [-0.4, -0.2) is 65.1 Å². The summed E-state index contributed by atoms with van der Waals surface area (Å²) in [6.07, 6.45) is 1.32. The Bertz CT molecular complexity index is 1190. The Morgan fingerprint density at radius 3 is 2.38 bits per heavy atom. The highest BCUT2D eigenvalue weighted by Gasteiger charge is 2.19. The first-order chi connectivity index (χ1) is 16.3. The highest BCUT2D eigenvalue weighted by Crippen LogP contribution is 2.30. The Kier molecular flexibility index (Phi) is 9.84. The van der Waals surface area contributed by atoms with Gasteiger partial charge in [-0.05, 0) is 42.0 Å². The van der Waals surface area contributed by atoms with E-state index in [2.05, 4.69) is 10.0 Å². The van der Waals surface area contributed by atoms with E-state index < -0.39 is 15.9 Å². The number of nitrogens with zero attached hydrogens (tertiary/aromatic N) is 1. The quantitative estimate of drug-likeness (QED) is 0.249. The van der Waals surface area contributed by atoms with Crippen molar-refractivity contribution in [1.29, 1.82) is 5.26 Å². The van der Waals surface area contributed by atoms with Crippen molar-refractivity contribution in [2.75, 3.05) is 45.9 Å². The fourth-order valence-corrected chi connectivity index (χ4v) is 3.82. The molecule has 0 atom stereocenters. The van der Waals surface area contributed by atoms with Crippen LogP contribution in [0.5, 0.6) is 17.2 Å². The van der Waals surface area contributed by atoms with Crippen LogP contribution in [0.1, 0.15) is 5.56 Å². The minimum absolute atomic E-state index is 0.0332. The number of carbonyl (C=O) groups is 1. The molecular weight excluding hydrogens is 466 g/mol. The molecule has 182 valence electrons. The molecule has 0 heterocycles. The first-order valence-corrected chi connectivity index (χ1v) is 11.4. The number of aliphatic hydroxyl groups excluding tert-OH is 2. The number of nitriles is 1. The lowest BCUT2D eigenvalue weighted by Crippen LogP contribution is -2.26. The van der Waals surface area contributed by atoms with Gasteiger partial charge < -0.3 is 29.7 Å². The van der Waals surface area contributed by atoms with Crippen molar-refractivity contribution < 1.29 is 37.6 Å². The predicted octanol–water partition coefficient (Wildman–Crippen LogP) is 0.891. The molecule has 2 rings (SSSR count). The van der Waals surface area contributed by atoms with Gasteiger partial charge in [0.05, 0.1) is 38.0 Å². The fraction of sp³-hybridized carbons (Fsp3) is 0.273. The van der Waals surface area contributed by atoms with Gasteiger partial charge in [-0.1, -0.05) is 6.07 Å². The highest BCUT2D eigenvalue weighted by atomic mass is 32.2. The summed E-state index contributed by atoms with van der Waals surface area (Å²) in [5.41, 5.74) is 0.238. The zero-order chi connectivity index (χ0) is 25.1. The Morgan fingerprint density at radius 2 is 1.76 bits per heavy atom. The first kappa shape index (κ1) is 26.6. The predicted molar refractivity (Wildman–Crippen MR) is 123 cm³/mol. The molecule has 0 saturated heterocycles. The van der Waals surface area contributed by atoms with Crippen LogP contribution in [0.3, 0.4) is 0 Å². The number of benzene rings is 2. The number of rotatable bonds is 12. The van der Waals surface area contributed by atoms with Crippen molar-refractivity contribution >= 4 is 27.7 Å². The summed E-state index contributed by atoms with van der Waals surface area (Å²) < 4.78 is 42.7. The Balaban J connectivity index is 2.33. The SMILES string of the molecule is COc1ccc(S(=O)(=O)NCCO)cc1NC(=O)/C(C#N)=C/c1ccc(OCCO)c(OC)c1. The number of sulfonamides is 1. The number of hydrogen-bond acceptors (Lipinski definition) is 9. The number of hydrogen-bond donors (Lipinski definition) is 4. The van der Waals surface area contributed by atoms with E-state index in [9.17, 15) is 18.5 Å². The monoisotopic (exact) mass is 491 g/mol. The molecule has 11 nitrogen and oxygen atoms in total. The standard InChI is InChI=1S/C22H25N3O8S/c1-31-19-6-4-17(34(29,30)24-7-8-26)13-18(19)25-22(28)16(14-23)11-15-3-5-20(33-10-9-27)21(12-15)32-2/h3-6,11-13,24,26-27H,7-10H2,1-2H3,(H,25,28)/b16-11+. The second kappa shape index (κ2) is 12.6. The zero-order valence-corrected chi connectivity index (χ0v) is 19.4. The normalized spacial score (nSPS) is 11.4. The van der Waals surface area contributed by atoms with Crippen LogP contribution in [-0.2, 0) is 14.8 Å². The molecule has 4 N–H and O–H groups in total. The molecule has 0 aromatic heterocycles. The van der Waals surface area contributed by atoms with Crippen LogP contribution in [0.25, 0.3) is 6.08 Å². The Hall–Kier alpha value is -3.63.